The van der Waals surface area contributed by atoms with Crippen molar-refractivity contribution in [1.82, 2.24) is 4.90 Å². The second-order valence-corrected chi connectivity index (χ2v) is 3.16. The normalized spacial score (nSPS) is 23.6. The van der Waals surface area contributed by atoms with Crippen LogP contribution in [0.2, 0.25) is 0 Å². The van der Waals surface area contributed by atoms with E-state index in [4.69, 9.17) is 5.73 Å². The van der Waals surface area contributed by atoms with E-state index in [1.54, 1.807) is 0 Å². The van der Waals surface area contributed by atoms with Crippen LogP contribution in [0, 0.1) is 0 Å². The largest absolute Gasteiger partial charge is 0.329 e. The minimum Gasteiger partial charge on any atom is -0.329 e. The van der Waals surface area contributed by atoms with E-state index in [-0.39, 0.29) is 0 Å². The highest BCUT2D eigenvalue weighted by molar-refractivity contribution is 5.79. The van der Waals surface area contributed by atoms with Crippen LogP contribution in [-0.2, 0) is 4.79 Å². The summed E-state index contributed by atoms with van der Waals surface area (Å²) in [5, 5.41) is 0. The van der Waals surface area contributed by atoms with E-state index in [2.05, 4.69) is 11.8 Å². The molecule has 1 heterocycles. The summed E-state index contributed by atoms with van der Waals surface area (Å²) in [4.78, 5) is 13.1. The molecule has 1 saturated heterocycles. The van der Waals surface area contributed by atoms with Gasteiger partial charge < -0.3 is 5.73 Å². The van der Waals surface area contributed by atoms with Crippen molar-refractivity contribution in [2.75, 3.05) is 19.6 Å². The Morgan fingerprint density at radius 3 is 2.55 bits per heavy atom. The predicted octanol–water partition coefficient (Wildman–Crippen LogP) is -0.00150. The van der Waals surface area contributed by atoms with Crippen molar-refractivity contribution in [2.24, 2.45) is 5.73 Å². The molecule has 1 aliphatic heterocycles. The lowest BCUT2D eigenvalue weighted by molar-refractivity contribution is -0.121. The number of ketones is 1. The van der Waals surface area contributed by atoms with E-state index in [1.165, 1.54) is 0 Å². The van der Waals surface area contributed by atoms with Gasteiger partial charge in [-0.15, -0.1) is 0 Å². The molecule has 0 amide bonds. The van der Waals surface area contributed by atoms with Crippen LogP contribution < -0.4 is 5.73 Å². The van der Waals surface area contributed by atoms with Crippen LogP contribution in [0.1, 0.15) is 19.8 Å². The van der Waals surface area contributed by atoms with Gasteiger partial charge in [0.15, 0.2) is 0 Å². The fourth-order valence-electron chi connectivity index (χ4n) is 1.36. The van der Waals surface area contributed by atoms with E-state index >= 15 is 0 Å². The van der Waals surface area contributed by atoms with Gasteiger partial charge in [0.05, 0.1) is 0 Å². The van der Waals surface area contributed by atoms with Gasteiger partial charge in [0.25, 0.3) is 0 Å². The van der Waals surface area contributed by atoms with E-state index in [0.717, 1.165) is 13.1 Å². The van der Waals surface area contributed by atoms with Gasteiger partial charge in [-0.3, -0.25) is 9.69 Å². The summed E-state index contributed by atoms with van der Waals surface area (Å²) in [5.74, 6) is 0.394. The summed E-state index contributed by atoms with van der Waals surface area (Å²) in [5.41, 5.74) is 5.51. The molecule has 11 heavy (non-hydrogen) atoms. The summed E-state index contributed by atoms with van der Waals surface area (Å²) < 4.78 is 0. The topological polar surface area (TPSA) is 46.3 Å². The number of piperidine rings is 1. The molecular formula is C8H16N2O. The SMILES string of the molecule is CC(CN)N1CCC(=O)CC1. The Morgan fingerprint density at radius 1 is 1.55 bits per heavy atom. The fourth-order valence-corrected chi connectivity index (χ4v) is 1.36. The standard InChI is InChI=1S/C8H16N2O/c1-7(6-9)10-4-2-8(11)3-5-10/h7H,2-6,9H2,1H3. The minimum atomic E-state index is 0.394. The number of rotatable bonds is 2. The monoisotopic (exact) mass is 156 g/mol. The lowest BCUT2D eigenvalue weighted by Crippen LogP contribution is -2.43. The van der Waals surface area contributed by atoms with Crippen LogP contribution in [0.15, 0.2) is 0 Å². The lowest BCUT2D eigenvalue weighted by Gasteiger charge is -2.30. The van der Waals surface area contributed by atoms with Crippen molar-refractivity contribution < 1.29 is 4.79 Å². The number of Topliss-reactive ketones (excluding diaryl/α,β-unsaturated/α-hetero) is 1. The third-order valence-corrected chi connectivity index (χ3v) is 2.32. The Kier molecular flexibility index (Phi) is 3.02. The summed E-state index contributed by atoms with van der Waals surface area (Å²) in [6, 6.07) is 0.433. The van der Waals surface area contributed by atoms with Gasteiger partial charge in [-0.05, 0) is 6.92 Å². The number of nitrogens with two attached hydrogens (primary N) is 1. The Bertz CT molecular complexity index is 137. The van der Waals surface area contributed by atoms with Crippen LogP contribution in [0.25, 0.3) is 0 Å². The lowest BCUT2D eigenvalue weighted by atomic mass is 10.1. The van der Waals surface area contributed by atoms with Gasteiger partial charge >= 0.3 is 0 Å². The summed E-state index contributed by atoms with van der Waals surface area (Å²) in [7, 11) is 0. The van der Waals surface area contributed by atoms with Crippen LogP contribution in [0.3, 0.4) is 0 Å². The van der Waals surface area contributed by atoms with Gasteiger partial charge in [0, 0.05) is 38.5 Å². The van der Waals surface area contributed by atoms with Crippen molar-refractivity contribution in [3.63, 3.8) is 0 Å². The van der Waals surface area contributed by atoms with Crippen LogP contribution in [-0.4, -0.2) is 36.4 Å². The Hall–Kier alpha value is -0.410. The van der Waals surface area contributed by atoms with E-state index < -0.39 is 0 Å². The van der Waals surface area contributed by atoms with Crippen LogP contribution >= 0.6 is 0 Å². The minimum absolute atomic E-state index is 0.394. The quantitative estimate of drug-likeness (QED) is 0.612. The number of nitrogens with zero attached hydrogens (tertiary/aromatic N) is 1. The molecular weight excluding hydrogens is 140 g/mol. The molecule has 0 aliphatic carbocycles. The smallest absolute Gasteiger partial charge is 0.135 e. The summed E-state index contributed by atoms with van der Waals surface area (Å²) in [6.07, 6.45) is 1.43. The molecule has 0 radical (unpaired) electrons. The van der Waals surface area contributed by atoms with Gasteiger partial charge in [-0.2, -0.15) is 0 Å². The van der Waals surface area contributed by atoms with E-state index in [0.29, 0.717) is 31.2 Å². The van der Waals surface area contributed by atoms with Crippen molar-refractivity contribution in [3.05, 3.63) is 0 Å². The first-order valence-corrected chi connectivity index (χ1v) is 4.20. The molecule has 2 N–H and O–H groups in total. The molecule has 0 aromatic heterocycles. The molecule has 0 aromatic carbocycles. The number of hydrogen-bond acceptors (Lipinski definition) is 3. The molecule has 1 aliphatic rings. The molecule has 64 valence electrons. The van der Waals surface area contributed by atoms with Crippen LogP contribution in [0.5, 0.6) is 0 Å². The Morgan fingerprint density at radius 2 is 2.09 bits per heavy atom. The van der Waals surface area contributed by atoms with Gasteiger partial charge in [-0.1, -0.05) is 0 Å². The zero-order chi connectivity index (χ0) is 8.27. The third kappa shape index (κ3) is 2.27. The molecule has 1 fully saturated rings. The van der Waals surface area contributed by atoms with E-state index in [9.17, 15) is 4.79 Å². The summed E-state index contributed by atoms with van der Waals surface area (Å²) in [6.45, 7) is 4.60. The van der Waals surface area contributed by atoms with Crippen molar-refractivity contribution >= 4 is 5.78 Å². The van der Waals surface area contributed by atoms with Crippen LogP contribution in [0.4, 0.5) is 0 Å². The molecule has 1 atom stereocenters. The average molecular weight is 156 g/mol. The predicted molar refractivity (Wildman–Crippen MR) is 44.3 cm³/mol. The zero-order valence-corrected chi connectivity index (χ0v) is 7.05. The molecule has 0 spiro atoms. The van der Waals surface area contributed by atoms with Gasteiger partial charge in [-0.25, -0.2) is 0 Å². The zero-order valence-electron chi connectivity index (χ0n) is 7.05. The number of likely N-dealkylation sites (tertiary alicyclic amines) is 1. The third-order valence-electron chi connectivity index (χ3n) is 2.32. The second kappa shape index (κ2) is 3.83. The molecule has 0 aromatic rings. The Balaban J connectivity index is 2.32. The highest BCUT2D eigenvalue weighted by atomic mass is 16.1. The molecule has 3 heteroatoms. The first-order valence-electron chi connectivity index (χ1n) is 4.20. The molecule has 3 nitrogen and oxygen atoms in total. The maximum absolute atomic E-state index is 10.9. The number of hydrogen-bond donors (Lipinski definition) is 1. The first kappa shape index (κ1) is 8.68. The number of carbonyl (C=O) groups is 1. The van der Waals surface area contributed by atoms with Gasteiger partial charge in [0.1, 0.15) is 5.78 Å². The number of carbonyl (C=O) groups excluding carboxylic acids is 1. The Labute approximate surface area is 67.5 Å². The average Bonchev–Trinajstić information content (AvgIpc) is 2.05. The van der Waals surface area contributed by atoms with Crippen molar-refractivity contribution in [3.8, 4) is 0 Å². The molecule has 0 bridgehead atoms. The maximum Gasteiger partial charge on any atom is 0.135 e. The van der Waals surface area contributed by atoms with E-state index in [1.807, 2.05) is 0 Å². The van der Waals surface area contributed by atoms with Gasteiger partial charge in [0.2, 0.25) is 0 Å². The maximum atomic E-state index is 10.9. The first-order chi connectivity index (χ1) is 5.24. The molecule has 0 saturated carbocycles. The molecule has 1 rings (SSSR count). The fraction of sp³-hybridized carbons (Fsp3) is 0.875. The second-order valence-electron chi connectivity index (χ2n) is 3.16. The van der Waals surface area contributed by atoms with Crippen molar-refractivity contribution in [2.45, 2.75) is 25.8 Å². The highest BCUT2D eigenvalue weighted by Gasteiger charge is 2.19. The summed E-state index contributed by atoms with van der Waals surface area (Å²) >= 11 is 0. The molecule has 1 unspecified atom stereocenters. The van der Waals surface area contributed by atoms with Crippen molar-refractivity contribution in [1.29, 1.82) is 0 Å². The highest BCUT2D eigenvalue weighted by Crippen LogP contribution is 2.08.